The highest BCUT2D eigenvalue weighted by Gasteiger charge is 2.04. The highest BCUT2D eigenvalue weighted by atomic mass is 79.9. The maximum absolute atomic E-state index is 5.50. The Hall–Kier alpha value is -1.26. The van der Waals surface area contributed by atoms with Crippen LogP contribution < -0.4 is 5.73 Å². The summed E-state index contributed by atoms with van der Waals surface area (Å²) in [5, 5.41) is 0. The topological polar surface area (TPSA) is 51.8 Å². The predicted molar refractivity (Wildman–Crippen MR) is 67.8 cm³/mol. The van der Waals surface area contributed by atoms with E-state index in [1.165, 1.54) is 0 Å². The second-order valence-corrected chi connectivity index (χ2v) is 4.49. The Morgan fingerprint density at radius 2 is 1.94 bits per heavy atom. The molecule has 2 N–H and O–H groups in total. The summed E-state index contributed by atoms with van der Waals surface area (Å²) in [6, 6.07) is 6.05. The van der Waals surface area contributed by atoms with Crippen molar-refractivity contribution >= 4 is 15.9 Å². The molecule has 0 amide bonds. The lowest BCUT2D eigenvalue weighted by Crippen LogP contribution is -1.99. The van der Waals surface area contributed by atoms with Gasteiger partial charge >= 0.3 is 0 Å². The summed E-state index contributed by atoms with van der Waals surface area (Å²) in [5.41, 5.74) is 8.64. The Bertz CT molecular complexity index is 494. The highest BCUT2D eigenvalue weighted by molar-refractivity contribution is 9.10. The predicted octanol–water partition coefficient (Wildman–Crippen LogP) is 2.67. The molecule has 16 heavy (non-hydrogen) atoms. The molecule has 0 unspecified atom stereocenters. The standard InChI is InChI=1S/C12H12BrN3/c1-8-4-10(13)2-3-11(8)12-15-6-9(5-14)7-16-12/h2-4,6-7H,5,14H2,1H3. The van der Waals surface area contributed by atoms with E-state index in [0.717, 1.165) is 27.0 Å². The smallest absolute Gasteiger partial charge is 0.159 e. The zero-order valence-electron chi connectivity index (χ0n) is 8.94. The normalized spacial score (nSPS) is 10.4. The number of nitrogens with zero attached hydrogens (tertiary/aromatic N) is 2. The Labute approximate surface area is 103 Å². The molecule has 0 saturated heterocycles. The van der Waals surface area contributed by atoms with Crippen LogP contribution in [0.5, 0.6) is 0 Å². The number of hydrogen-bond donors (Lipinski definition) is 1. The van der Waals surface area contributed by atoms with E-state index in [-0.39, 0.29) is 0 Å². The fraction of sp³-hybridized carbons (Fsp3) is 0.167. The molecule has 0 aliphatic heterocycles. The van der Waals surface area contributed by atoms with E-state index in [4.69, 9.17) is 5.73 Å². The van der Waals surface area contributed by atoms with Crippen LogP contribution in [0.4, 0.5) is 0 Å². The zero-order chi connectivity index (χ0) is 11.5. The van der Waals surface area contributed by atoms with Crippen molar-refractivity contribution in [3.05, 3.63) is 46.2 Å². The summed E-state index contributed by atoms with van der Waals surface area (Å²) in [5.74, 6) is 0.738. The molecular formula is C12H12BrN3. The van der Waals surface area contributed by atoms with Crippen LogP contribution in [-0.4, -0.2) is 9.97 Å². The van der Waals surface area contributed by atoms with Crippen molar-refractivity contribution in [1.29, 1.82) is 0 Å². The average Bonchev–Trinajstić information content (AvgIpc) is 2.29. The molecule has 4 heteroatoms. The molecule has 82 valence electrons. The number of halogens is 1. The van der Waals surface area contributed by atoms with Crippen LogP contribution in [0.15, 0.2) is 35.1 Å². The Kier molecular flexibility index (Phi) is 3.31. The van der Waals surface area contributed by atoms with Crippen LogP contribution in [0.1, 0.15) is 11.1 Å². The fourth-order valence-electron chi connectivity index (χ4n) is 1.48. The van der Waals surface area contributed by atoms with Gasteiger partial charge in [-0.05, 0) is 30.7 Å². The van der Waals surface area contributed by atoms with Gasteiger partial charge in [0.1, 0.15) is 0 Å². The van der Waals surface area contributed by atoms with Gasteiger partial charge in [0.25, 0.3) is 0 Å². The van der Waals surface area contributed by atoms with Crippen LogP contribution in [0, 0.1) is 6.92 Å². The minimum absolute atomic E-state index is 0.472. The summed E-state index contributed by atoms with van der Waals surface area (Å²) in [6.45, 7) is 2.51. The first kappa shape index (κ1) is 11.2. The van der Waals surface area contributed by atoms with E-state index in [1.54, 1.807) is 12.4 Å². The molecule has 0 spiro atoms. The first-order valence-electron chi connectivity index (χ1n) is 4.98. The Morgan fingerprint density at radius 3 is 2.50 bits per heavy atom. The van der Waals surface area contributed by atoms with Gasteiger partial charge in [-0.1, -0.05) is 15.9 Å². The van der Waals surface area contributed by atoms with E-state index >= 15 is 0 Å². The molecule has 2 rings (SSSR count). The van der Waals surface area contributed by atoms with Crippen LogP contribution in [0.3, 0.4) is 0 Å². The van der Waals surface area contributed by atoms with Crippen molar-refractivity contribution < 1.29 is 0 Å². The lowest BCUT2D eigenvalue weighted by atomic mass is 10.1. The number of nitrogens with two attached hydrogens (primary N) is 1. The first-order valence-corrected chi connectivity index (χ1v) is 5.77. The van der Waals surface area contributed by atoms with Gasteiger partial charge in [-0.15, -0.1) is 0 Å². The molecule has 0 aliphatic carbocycles. The van der Waals surface area contributed by atoms with Crippen molar-refractivity contribution in [3.63, 3.8) is 0 Å². The lowest BCUT2D eigenvalue weighted by Gasteiger charge is -2.05. The van der Waals surface area contributed by atoms with E-state index in [2.05, 4.69) is 32.0 Å². The fourth-order valence-corrected chi connectivity index (χ4v) is 1.95. The number of rotatable bonds is 2. The van der Waals surface area contributed by atoms with Crippen LogP contribution >= 0.6 is 15.9 Å². The molecule has 1 heterocycles. The highest BCUT2D eigenvalue weighted by Crippen LogP contribution is 2.22. The van der Waals surface area contributed by atoms with Gasteiger partial charge in [0.2, 0.25) is 0 Å². The van der Waals surface area contributed by atoms with Crippen LogP contribution in [0.2, 0.25) is 0 Å². The number of benzene rings is 1. The number of aromatic nitrogens is 2. The molecule has 0 saturated carbocycles. The Morgan fingerprint density at radius 1 is 1.25 bits per heavy atom. The van der Waals surface area contributed by atoms with Crippen LogP contribution in [0.25, 0.3) is 11.4 Å². The number of aryl methyl sites for hydroxylation is 1. The third-order valence-electron chi connectivity index (χ3n) is 2.37. The molecule has 1 aromatic heterocycles. The second kappa shape index (κ2) is 4.72. The third-order valence-corrected chi connectivity index (χ3v) is 2.86. The van der Waals surface area contributed by atoms with Gasteiger partial charge in [-0.25, -0.2) is 9.97 Å². The van der Waals surface area contributed by atoms with Crippen molar-refractivity contribution in [2.24, 2.45) is 5.73 Å². The monoisotopic (exact) mass is 277 g/mol. The van der Waals surface area contributed by atoms with Gasteiger partial charge in [0.05, 0.1) is 0 Å². The largest absolute Gasteiger partial charge is 0.326 e. The zero-order valence-corrected chi connectivity index (χ0v) is 10.5. The van der Waals surface area contributed by atoms with Gasteiger partial charge in [0, 0.05) is 34.5 Å². The molecule has 3 nitrogen and oxygen atoms in total. The average molecular weight is 278 g/mol. The minimum Gasteiger partial charge on any atom is -0.326 e. The van der Waals surface area contributed by atoms with Gasteiger partial charge in [-0.2, -0.15) is 0 Å². The molecular weight excluding hydrogens is 266 g/mol. The van der Waals surface area contributed by atoms with E-state index < -0.39 is 0 Å². The van der Waals surface area contributed by atoms with Crippen molar-refractivity contribution in [2.75, 3.05) is 0 Å². The van der Waals surface area contributed by atoms with Crippen molar-refractivity contribution in [2.45, 2.75) is 13.5 Å². The van der Waals surface area contributed by atoms with Gasteiger partial charge in [0.15, 0.2) is 5.82 Å². The maximum Gasteiger partial charge on any atom is 0.159 e. The second-order valence-electron chi connectivity index (χ2n) is 3.58. The van der Waals surface area contributed by atoms with Gasteiger partial charge < -0.3 is 5.73 Å². The van der Waals surface area contributed by atoms with E-state index in [0.29, 0.717) is 6.54 Å². The summed E-state index contributed by atoms with van der Waals surface area (Å²) < 4.78 is 1.06. The molecule has 0 aliphatic rings. The first-order chi connectivity index (χ1) is 7.70. The summed E-state index contributed by atoms with van der Waals surface area (Å²) >= 11 is 3.43. The van der Waals surface area contributed by atoms with E-state index in [9.17, 15) is 0 Å². The molecule has 0 fully saturated rings. The van der Waals surface area contributed by atoms with E-state index in [1.807, 2.05) is 19.1 Å². The maximum atomic E-state index is 5.50. The van der Waals surface area contributed by atoms with Crippen LogP contribution in [-0.2, 0) is 6.54 Å². The molecule has 0 radical (unpaired) electrons. The minimum atomic E-state index is 0.472. The SMILES string of the molecule is Cc1cc(Br)ccc1-c1ncc(CN)cn1. The third kappa shape index (κ3) is 2.28. The molecule has 0 atom stereocenters. The van der Waals surface area contributed by atoms with Crippen molar-refractivity contribution in [1.82, 2.24) is 9.97 Å². The van der Waals surface area contributed by atoms with Crippen molar-refractivity contribution in [3.8, 4) is 11.4 Å². The summed E-state index contributed by atoms with van der Waals surface area (Å²) in [4.78, 5) is 8.61. The summed E-state index contributed by atoms with van der Waals surface area (Å²) in [6.07, 6.45) is 3.54. The number of hydrogen-bond acceptors (Lipinski definition) is 3. The Balaban J connectivity index is 2.42. The lowest BCUT2D eigenvalue weighted by molar-refractivity contribution is 1.01. The summed E-state index contributed by atoms with van der Waals surface area (Å²) in [7, 11) is 0. The molecule has 0 bridgehead atoms. The quantitative estimate of drug-likeness (QED) is 0.918. The molecule has 2 aromatic rings. The molecule has 1 aromatic carbocycles. The van der Waals surface area contributed by atoms with Gasteiger partial charge in [-0.3, -0.25) is 0 Å².